The van der Waals surface area contributed by atoms with E-state index in [1.807, 2.05) is 6.92 Å². The zero-order valence-electron chi connectivity index (χ0n) is 15.1. The van der Waals surface area contributed by atoms with Crippen molar-refractivity contribution in [3.63, 3.8) is 0 Å². The third-order valence-corrected chi connectivity index (χ3v) is 4.68. The Morgan fingerprint density at radius 3 is 2.67 bits per heavy atom. The Hall–Kier alpha value is -2.23. The van der Waals surface area contributed by atoms with E-state index in [4.69, 9.17) is 9.84 Å². The van der Waals surface area contributed by atoms with E-state index in [2.05, 4.69) is 67.7 Å². The van der Waals surface area contributed by atoms with Crippen LogP contribution in [0.1, 0.15) is 57.0 Å². The lowest BCUT2D eigenvalue weighted by atomic mass is 9.89. The lowest BCUT2D eigenvalue weighted by Crippen LogP contribution is -2.38. The number of aromatic nitrogens is 2. The van der Waals surface area contributed by atoms with E-state index < -0.39 is 0 Å². The molecule has 0 amide bonds. The molecule has 1 N–H and O–H groups in total. The van der Waals surface area contributed by atoms with Gasteiger partial charge in [0.2, 0.25) is 0 Å². The van der Waals surface area contributed by atoms with E-state index in [1.54, 1.807) is 0 Å². The van der Waals surface area contributed by atoms with Gasteiger partial charge in [-0.1, -0.05) is 43.8 Å². The summed E-state index contributed by atoms with van der Waals surface area (Å²) in [7, 11) is 0. The van der Waals surface area contributed by atoms with Crippen LogP contribution in [-0.4, -0.2) is 16.4 Å². The number of rotatable bonds is 5. The van der Waals surface area contributed by atoms with Gasteiger partial charge in [0.1, 0.15) is 11.6 Å². The van der Waals surface area contributed by atoms with Crippen LogP contribution in [0, 0.1) is 0 Å². The SMILES string of the molecule is C=C(OCC)c1c(CC)nn2c1NC(c1ccccc1)CC2(C)C. The van der Waals surface area contributed by atoms with Gasteiger partial charge in [-0.05, 0) is 39.2 Å². The molecule has 128 valence electrons. The van der Waals surface area contributed by atoms with Gasteiger partial charge in [0.25, 0.3) is 0 Å². The van der Waals surface area contributed by atoms with Crippen molar-refractivity contribution in [2.24, 2.45) is 0 Å². The predicted molar refractivity (Wildman–Crippen MR) is 99.0 cm³/mol. The highest BCUT2D eigenvalue weighted by Crippen LogP contribution is 2.42. The summed E-state index contributed by atoms with van der Waals surface area (Å²) in [6, 6.07) is 10.8. The third-order valence-electron chi connectivity index (χ3n) is 4.68. The minimum absolute atomic E-state index is 0.0737. The number of ether oxygens (including phenoxy) is 1. The number of aryl methyl sites for hydroxylation is 1. The normalized spacial score (nSPS) is 18.6. The van der Waals surface area contributed by atoms with Crippen molar-refractivity contribution in [3.8, 4) is 0 Å². The Morgan fingerprint density at radius 1 is 1.33 bits per heavy atom. The molecule has 0 saturated carbocycles. The van der Waals surface area contributed by atoms with Crippen LogP contribution in [0.2, 0.25) is 0 Å². The Kier molecular flexibility index (Phi) is 4.39. The van der Waals surface area contributed by atoms with Crippen LogP contribution in [0.5, 0.6) is 0 Å². The Morgan fingerprint density at radius 2 is 2.04 bits per heavy atom. The largest absolute Gasteiger partial charge is 0.494 e. The van der Waals surface area contributed by atoms with Crippen LogP contribution in [0.4, 0.5) is 5.82 Å². The number of benzene rings is 1. The first-order valence-corrected chi connectivity index (χ1v) is 8.73. The Bertz CT molecular complexity index is 731. The molecular weight excluding hydrogens is 298 g/mol. The zero-order valence-corrected chi connectivity index (χ0v) is 15.1. The second-order valence-corrected chi connectivity index (χ2v) is 6.92. The van der Waals surface area contributed by atoms with E-state index in [9.17, 15) is 0 Å². The standard InChI is InChI=1S/C20H27N3O/c1-6-16-18(14(3)24-7-2)19-21-17(15-11-9-8-10-12-15)13-20(4,5)23(19)22-16/h8-12,17,21H,3,6-7,13H2,1-2,4-5H3. The van der Waals surface area contributed by atoms with E-state index in [1.165, 1.54) is 5.56 Å². The maximum absolute atomic E-state index is 5.72. The number of anilines is 1. The van der Waals surface area contributed by atoms with E-state index in [0.717, 1.165) is 29.9 Å². The number of nitrogens with one attached hydrogen (secondary N) is 1. The zero-order chi connectivity index (χ0) is 17.3. The van der Waals surface area contributed by atoms with Crippen LogP contribution >= 0.6 is 0 Å². The highest BCUT2D eigenvalue weighted by Gasteiger charge is 2.37. The quantitative estimate of drug-likeness (QED) is 0.807. The van der Waals surface area contributed by atoms with Crippen molar-refractivity contribution >= 4 is 11.6 Å². The number of hydrogen-bond donors (Lipinski definition) is 1. The van der Waals surface area contributed by atoms with Crippen LogP contribution in [-0.2, 0) is 16.7 Å². The maximum Gasteiger partial charge on any atom is 0.136 e. The number of fused-ring (bicyclic) bond motifs is 1. The molecule has 1 aliphatic heterocycles. The summed E-state index contributed by atoms with van der Waals surface area (Å²) in [4.78, 5) is 0. The van der Waals surface area contributed by atoms with E-state index in [0.29, 0.717) is 12.4 Å². The van der Waals surface area contributed by atoms with Gasteiger partial charge in [-0.25, -0.2) is 4.68 Å². The molecule has 1 atom stereocenters. The van der Waals surface area contributed by atoms with Crippen LogP contribution in [0.25, 0.3) is 5.76 Å². The lowest BCUT2D eigenvalue weighted by molar-refractivity contribution is 0.262. The number of hydrogen-bond acceptors (Lipinski definition) is 3. The molecule has 0 aliphatic carbocycles. The summed E-state index contributed by atoms with van der Waals surface area (Å²) >= 11 is 0. The second kappa shape index (κ2) is 6.34. The monoisotopic (exact) mass is 325 g/mol. The molecule has 0 spiro atoms. The molecule has 3 rings (SSSR count). The molecule has 1 aliphatic rings. The van der Waals surface area contributed by atoms with Gasteiger partial charge < -0.3 is 10.1 Å². The van der Waals surface area contributed by atoms with Gasteiger partial charge in [0.05, 0.1) is 29.4 Å². The molecule has 2 aromatic rings. The van der Waals surface area contributed by atoms with E-state index in [-0.39, 0.29) is 11.6 Å². The van der Waals surface area contributed by atoms with Gasteiger partial charge in [0.15, 0.2) is 0 Å². The third kappa shape index (κ3) is 2.81. The number of nitrogens with zero attached hydrogens (tertiary/aromatic N) is 2. The first kappa shape index (κ1) is 16.6. The topological polar surface area (TPSA) is 39.1 Å². The molecule has 4 nitrogen and oxygen atoms in total. The summed E-state index contributed by atoms with van der Waals surface area (Å²) in [6.07, 6.45) is 1.84. The molecule has 0 saturated heterocycles. The van der Waals surface area contributed by atoms with Crippen LogP contribution in [0.15, 0.2) is 36.9 Å². The average molecular weight is 325 g/mol. The summed E-state index contributed by atoms with van der Waals surface area (Å²) < 4.78 is 7.83. The summed E-state index contributed by atoms with van der Waals surface area (Å²) in [5, 5.41) is 8.56. The van der Waals surface area contributed by atoms with Crippen molar-refractivity contribution < 1.29 is 4.74 Å². The van der Waals surface area contributed by atoms with Crippen molar-refractivity contribution in [1.29, 1.82) is 0 Å². The smallest absolute Gasteiger partial charge is 0.136 e. The summed E-state index contributed by atoms with van der Waals surface area (Å²) in [5.41, 5.74) is 3.28. The first-order valence-electron chi connectivity index (χ1n) is 8.73. The fraction of sp³-hybridized carbons (Fsp3) is 0.450. The first-order chi connectivity index (χ1) is 11.5. The summed E-state index contributed by atoms with van der Waals surface area (Å²) in [5.74, 6) is 1.73. The second-order valence-electron chi connectivity index (χ2n) is 6.92. The van der Waals surface area contributed by atoms with Gasteiger partial charge in [0, 0.05) is 0 Å². The Labute approximate surface area is 144 Å². The van der Waals surface area contributed by atoms with Gasteiger partial charge in [-0.15, -0.1) is 0 Å². The van der Waals surface area contributed by atoms with E-state index >= 15 is 0 Å². The highest BCUT2D eigenvalue weighted by atomic mass is 16.5. The predicted octanol–water partition coefficient (Wildman–Crippen LogP) is 4.74. The minimum atomic E-state index is -0.0737. The maximum atomic E-state index is 5.72. The fourth-order valence-corrected chi connectivity index (χ4v) is 3.51. The van der Waals surface area contributed by atoms with Gasteiger partial charge >= 0.3 is 0 Å². The molecule has 2 heterocycles. The van der Waals surface area contributed by atoms with Crippen LogP contribution in [0.3, 0.4) is 0 Å². The average Bonchev–Trinajstić information content (AvgIpc) is 2.95. The molecule has 4 heteroatoms. The molecule has 1 unspecified atom stereocenters. The van der Waals surface area contributed by atoms with Crippen molar-refractivity contribution in [2.45, 2.75) is 52.1 Å². The van der Waals surface area contributed by atoms with Crippen molar-refractivity contribution in [3.05, 3.63) is 53.7 Å². The Balaban J connectivity index is 2.08. The minimum Gasteiger partial charge on any atom is -0.494 e. The lowest BCUT2D eigenvalue weighted by Gasteiger charge is -2.38. The van der Waals surface area contributed by atoms with Gasteiger partial charge in [-0.2, -0.15) is 5.10 Å². The van der Waals surface area contributed by atoms with Crippen LogP contribution < -0.4 is 5.32 Å². The molecule has 1 aromatic carbocycles. The molecular formula is C20H27N3O. The van der Waals surface area contributed by atoms with Gasteiger partial charge in [-0.3, -0.25) is 0 Å². The molecule has 1 aromatic heterocycles. The van der Waals surface area contributed by atoms with Crippen molar-refractivity contribution in [2.75, 3.05) is 11.9 Å². The molecule has 0 fully saturated rings. The molecule has 0 radical (unpaired) electrons. The van der Waals surface area contributed by atoms with Crippen molar-refractivity contribution in [1.82, 2.24) is 9.78 Å². The fourth-order valence-electron chi connectivity index (χ4n) is 3.51. The summed E-state index contributed by atoms with van der Waals surface area (Å²) in [6.45, 7) is 13.3. The molecule has 0 bridgehead atoms. The highest BCUT2D eigenvalue weighted by molar-refractivity contribution is 5.72. The molecule has 24 heavy (non-hydrogen) atoms.